The van der Waals surface area contributed by atoms with Crippen LogP contribution in [-0.2, 0) is 16.2 Å². The Morgan fingerprint density at radius 1 is 0.171 bits per heavy atom. The molecule has 0 amide bonds. The summed E-state index contributed by atoms with van der Waals surface area (Å²) < 4.78 is 0. The molecular weight excluding hydrogens is 915 g/mol. The molecule has 12 aromatic rings. The minimum absolute atomic E-state index is 0.599. The lowest BCUT2D eigenvalue weighted by molar-refractivity contribution is 0.767. The molecule has 356 valence electrons. The zero-order valence-electron chi connectivity index (χ0n) is 41.9. The lowest BCUT2D eigenvalue weighted by Gasteiger charge is -2.36. The molecule has 3 aliphatic rings. The topological polar surface area (TPSA) is 3.24 Å². The summed E-state index contributed by atoms with van der Waals surface area (Å²) >= 11 is 0. The van der Waals surface area contributed by atoms with Gasteiger partial charge in [-0.2, -0.15) is 0 Å². The second kappa shape index (κ2) is 17.3. The van der Waals surface area contributed by atoms with Crippen molar-refractivity contribution in [2.24, 2.45) is 0 Å². The Hall–Kier alpha value is -9.56. The van der Waals surface area contributed by atoms with Gasteiger partial charge in [-0.25, -0.2) is 0 Å². The predicted molar refractivity (Wildman–Crippen MR) is 313 cm³/mol. The summed E-state index contributed by atoms with van der Waals surface area (Å²) in [5, 5.41) is 0. The Bertz CT molecular complexity index is 3600. The van der Waals surface area contributed by atoms with Crippen LogP contribution in [-0.4, -0.2) is 0 Å². The number of hydrogen-bond donors (Lipinski definition) is 0. The maximum absolute atomic E-state index is 2.67. The SMILES string of the molecule is c1ccc(C2(c3ccccc3)c3ccccc3-c3c(N(c4cccc5c4-c4ccccc4C5(c4ccccc4)c4ccccc4)c4cccc5c4-c4ccccc4C5(c4ccccc4)c4ccccc4)cccc32)cc1. The molecule has 3 aliphatic carbocycles. The van der Waals surface area contributed by atoms with Crippen molar-refractivity contribution in [2.75, 3.05) is 4.90 Å². The average Bonchev–Trinajstić information content (AvgIpc) is 4.32. The molecule has 0 spiro atoms. The molecule has 15 rings (SSSR count). The van der Waals surface area contributed by atoms with Gasteiger partial charge in [0.1, 0.15) is 0 Å². The van der Waals surface area contributed by atoms with Crippen molar-refractivity contribution in [3.63, 3.8) is 0 Å². The van der Waals surface area contributed by atoms with Gasteiger partial charge in [0.2, 0.25) is 0 Å². The van der Waals surface area contributed by atoms with Crippen molar-refractivity contribution in [3.8, 4) is 33.4 Å². The molecule has 1 nitrogen and oxygen atoms in total. The van der Waals surface area contributed by atoms with E-state index in [9.17, 15) is 0 Å². The molecule has 1 heteroatoms. The highest BCUT2D eigenvalue weighted by atomic mass is 15.2. The summed E-state index contributed by atoms with van der Waals surface area (Å²) in [5.74, 6) is 0. The fourth-order valence-electron chi connectivity index (χ4n) is 14.4. The van der Waals surface area contributed by atoms with Gasteiger partial charge in [-0.15, -0.1) is 0 Å². The fraction of sp³-hybridized carbons (Fsp3) is 0.0400. The van der Waals surface area contributed by atoms with Crippen LogP contribution >= 0.6 is 0 Å². The van der Waals surface area contributed by atoms with Gasteiger partial charge in [-0.3, -0.25) is 0 Å². The molecule has 76 heavy (non-hydrogen) atoms. The van der Waals surface area contributed by atoms with E-state index < -0.39 is 16.2 Å². The summed E-state index contributed by atoms with van der Waals surface area (Å²) in [5.41, 5.74) is 24.1. The molecule has 0 unspecified atom stereocenters. The van der Waals surface area contributed by atoms with Gasteiger partial charge < -0.3 is 4.90 Å². The third-order valence-electron chi connectivity index (χ3n) is 17.1. The molecule has 0 aromatic heterocycles. The monoisotopic (exact) mass is 965 g/mol. The summed E-state index contributed by atoms with van der Waals surface area (Å²) in [6.45, 7) is 0. The highest BCUT2D eigenvalue weighted by Gasteiger charge is 2.52. The quantitative estimate of drug-likeness (QED) is 0.139. The molecular formula is C75H51N. The summed E-state index contributed by atoms with van der Waals surface area (Å²) in [6, 6.07) is 116. The van der Waals surface area contributed by atoms with E-state index in [0.29, 0.717) is 0 Å². The highest BCUT2D eigenvalue weighted by molar-refractivity contribution is 6.06. The van der Waals surface area contributed by atoms with Gasteiger partial charge >= 0.3 is 0 Å². The lowest BCUT2D eigenvalue weighted by Crippen LogP contribution is -2.29. The van der Waals surface area contributed by atoms with Gasteiger partial charge in [0.15, 0.2) is 0 Å². The smallest absolute Gasteiger partial charge is 0.0714 e. The summed E-state index contributed by atoms with van der Waals surface area (Å²) in [6.07, 6.45) is 0. The Balaban J connectivity index is 1.11. The second-order valence-corrected chi connectivity index (χ2v) is 20.5. The lowest BCUT2D eigenvalue weighted by atomic mass is 9.67. The van der Waals surface area contributed by atoms with Gasteiger partial charge in [0.05, 0.1) is 33.3 Å². The molecule has 0 fully saturated rings. The minimum atomic E-state index is -0.599. The van der Waals surface area contributed by atoms with Crippen molar-refractivity contribution >= 4 is 17.1 Å². The molecule has 0 atom stereocenters. The van der Waals surface area contributed by atoms with Crippen LogP contribution in [0, 0.1) is 0 Å². The zero-order valence-corrected chi connectivity index (χ0v) is 41.9. The predicted octanol–water partition coefficient (Wildman–Crippen LogP) is 18.2. The largest absolute Gasteiger partial charge is 0.309 e. The summed E-state index contributed by atoms with van der Waals surface area (Å²) in [4.78, 5) is 2.67. The van der Waals surface area contributed by atoms with Crippen LogP contribution in [0.1, 0.15) is 66.8 Å². The maximum atomic E-state index is 2.67. The van der Waals surface area contributed by atoms with Crippen molar-refractivity contribution in [2.45, 2.75) is 16.2 Å². The third-order valence-corrected chi connectivity index (χ3v) is 17.1. The first-order valence-corrected chi connectivity index (χ1v) is 26.6. The van der Waals surface area contributed by atoms with Crippen LogP contribution < -0.4 is 4.90 Å². The Morgan fingerprint density at radius 3 is 0.605 bits per heavy atom. The van der Waals surface area contributed by atoms with E-state index in [1.54, 1.807) is 0 Å². The maximum Gasteiger partial charge on any atom is 0.0714 e. The average molecular weight is 966 g/mol. The van der Waals surface area contributed by atoms with Crippen molar-refractivity contribution in [1.29, 1.82) is 0 Å². The normalized spacial score (nSPS) is 14.4. The third kappa shape index (κ3) is 5.91. The van der Waals surface area contributed by atoms with Crippen LogP contribution in [0.5, 0.6) is 0 Å². The Kier molecular flexibility index (Phi) is 9.99. The number of anilines is 3. The molecule has 0 saturated heterocycles. The molecule has 12 aromatic carbocycles. The van der Waals surface area contributed by atoms with E-state index in [4.69, 9.17) is 0 Å². The van der Waals surface area contributed by atoms with Crippen molar-refractivity contribution in [1.82, 2.24) is 0 Å². The number of hydrogen-bond acceptors (Lipinski definition) is 1. The Morgan fingerprint density at radius 2 is 0.368 bits per heavy atom. The molecule has 0 heterocycles. The van der Waals surface area contributed by atoms with E-state index in [-0.39, 0.29) is 0 Å². The number of nitrogens with zero attached hydrogens (tertiary/aromatic N) is 1. The van der Waals surface area contributed by atoms with Gasteiger partial charge in [0.25, 0.3) is 0 Å². The van der Waals surface area contributed by atoms with E-state index in [1.165, 1.54) is 100 Å². The minimum Gasteiger partial charge on any atom is -0.309 e. The van der Waals surface area contributed by atoms with Gasteiger partial charge in [-0.1, -0.05) is 291 Å². The van der Waals surface area contributed by atoms with Gasteiger partial charge in [0, 0.05) is 16.7 Å². The fourth-order valence-corrected chi connectivity index (χ4v) is 14.4. The summed E-state index contributed by atoms with van der Waals surface area (Å²) in [7, 11) is 0. The number of rotatable bonds is 9. The van der Waals surface area contributed by atoms with Crippen LogP contribution in [0.15, 0.2) is 309 Å². The first kappa shape index (κ1) is 44.0. The zero-order chi connectivity index (χ0) is 50.3. The Labute approximate surface area is 445 Å². The van der Waals surface area contributed by atoms with Gasteiger partial charge in [-0.05, 0) is 102 Å². The first-order chi connectivity index (χ1) is 37.8. The molecule has 0 radical (unpaired) electrons. The molecule has 0 saturated carbocycles. The van der Waals surface area contributed by atoms with E-state index >= 15 is 0 Å². The van der Waals surface area contributed by atoms with Crippen molar-refractivity contribution < 1.29 is 0 Å². The van der Waals surface area contributed by atoms with E-state index in [2.05, 4.69) is 314 Å². The first-order valence-electron chi connectivity index (χ1n) is 26.6. The molecule has 0 bridgehead atoms. The second-order valence-electron chi connectivity index (χ2n) is 20.5. The highest BCUT2D eigenvalue weighted by Crippen LogP contribution is 2.65. The van der Waals surface area contributed by atoms with E-state index in [1.807, 2.05) is 0 Å². The van der Waals surface area contributed by atoms with Crippen LogP contribution in [0.2, 0.25) is 0 Å². The standard InChI is InChI=1S/C75H51N/c1-7-28-52(29-8-1)73(53-30-9-2-10-31-53)61-43-22-19-40-58(61)70-64(73)46-25-49-67(70)76(68-50-26-47-65-71(68)59-41-20-23-44-62(59)74(65,54-32-11-3-12-33-54)55-34-13-4-14-35-55)69-51-27-48-66-72(69)60-42-21-24-45-63(60)75(66,56-36-15-5-16-37-56)57-38-17-6-18-39-57/h1-51H. The van der Waals surface area contributed by atoms with Crippen LogP contribution in [0.3, 0.4) is 0 Å². The van der Waals surface area contributed by atoms with Crippen molar-refractivity contribution in [3.05, 3.63) is 376 Å². The number of benzene rings is 12. The molecule has 0 aliphatic heterocycles. The van der Waals surface area contributed by atoms with Crippen LogP contribution in [0.4, 0.5) is 17.1 Å². The van der Waals surface area contributed by atoms with Crippen LogP contribution in [0.25, 0.3) is 33.4 Å². The van der Waals surface area contributed by atoms with E-state index in [0.717, 1.165) is 17.1 Å². The molecule has 0 N–H and O–H groups in total. The number of fused-ring (bicyclic) bond motifs is 9.